The topological polar surface area (TPSA) is 136 Å². The minimum atomic E-state index is -0.526. The number of phenolic OH excluding ortho intramolecular Hbond substituents is 1. The number of aromatic nitrogens is 6. The molecule has 4 N–H and O–H groups in total. The number of hydrogen-bond acceptors (Lipinski definition) is 7. The zero-order valence-corrected chi connectivity index (χ0v) is 21.9. The van der Waals surface area contributed by atoms with E-state index in [0.717, 1.165) is 59.5 Å². The molecule has 1 amide bonds. The largest absolute Gasteiger partial charge is 0.508 e. The minimum absolute atomic E-state index is 0.0585. The quantitative estimate of drug-likeness (QED) is 0.227. The maximum atomic E-state index is 14.0. The fourth-order valence-electron chi connectivity index (χ4n) is 5.41. The van der Waals surface area contributed by atoms with Gasteiger partial charge in [-0.2, -0.15) is 5.10 Å². The third-order valence-corrected chi connectivity index (χ3v) is 7.32. The van der Waals surface area contributed by atoms with Crippen LogP contribution in [0.2, 0.25) is 0 Å². The number of H-pyrrole nitrogens is 2. The minimum Gasteiger partial charge on any atom is -0.508 e. The van der Waals surface area contributed by atoms with Crippen molar-refractivity contribution >= 4 is 33.7 Å². The molecule has 10 nitrogen and oxygen atoms in total. The number of nitrogens with zero attached hydrogens (tertiary/aromatic N) is 5. The van der Waals surface area contributed by atoms with E-state index in [0.29, 0.717) is 40.5 Å². The van der Waals surface area contributed by atoms with Gasteiger partial charge in [-0.1, -0.05) is 0 Å². The van der Waals surface area contributed by atoms with E-state index in [1.54, 1.807) is 30.9 Å². The summed E-state index contributed by atoms with van der Waals surface area (Å²) in [6.45, 7) is 2.27. The molecular formula is C30H25FN8O2. The molecule has 1 fully saturated rings. The van der Waals surface area contributed by atoms with E-state index in [4.69, 9.17) is 0 Å². The smallest absolute Gasteiger partial charge is 0.238 e. The highest BCUT2D eigenvalue weighted by atomic mass is 19.1. The van der Waals surface area contributed by atoms with Crippen LogP contribution >= 0.6 is 0 Å². The summed E-state index contributed by atoms with van der Waals surface area (Å²) in [5, 5.41) is 21.9. The molecular weight excluding hydrogens is 523 g/mol. The van der Waals surface area contributed by atoms with Gasteiger partial charge in [0.1, 0.15) is 22.9 Å². The molecule has 1 aliphatic rings. The zero-order chi connectivity index (χ0) is 27.9. The number of amides is 1. The van der Waals surface area contributed by atoms with Crippen molar-refractivity contribution in [3.8, 4) is 39.4 Å². The van der Waals surface area contributed by atoms with Gasteiger partial charge in [0.05, 0.1) is 24.1 Å². The molecule has 1 aromatic carbocycles. The first-order chi connectivity index (χ1) is 20.0. The molecule has 0 saturated carbocycles. The molecule has 7 rings (SSSR count). The number of fused-ring (bicyclic) bond motifs is 2. The van der Waals surface area contributed by atoms with E-state index in [2.05, 4.69) is 40.3 Å². The van der Waals surface area contributed by atoms with E-state index >= 15 is 0 Å². The standard InChI is InChI=1S/C30H25FN8O2/c31-20-7-17(9-22(40)11-20)23-3-4-33-29-24(23)12-26(36-29)28-25-10-19(14-34-30(25)38-37-28)18-8-21(15-32-13-18)35-27(41)16-39-5-1-2-6-39/h3-4,7-15,40H,1-2,5-6,16H2,(H,33,36)(H,35,41)(H,34,37,38). The van der Waals surface area contributed by atoms with Crippen LogP contribution in [-0.2, 0) is 4.79 Å². The highest BCUT2D eigenvalue weighted by molar-refractivity contribution is 6.00. The summed E-state index contributed by atoms with van der Waals surface area (Å²) in [4.78, 5) is 31.3. The molecule has 1 aliphatic heterocycles. The van der Waals surface area contributed by atoms with E-state index in [9.17, 15) is 14.3 Å². The van der Waals surface area contributed by atoms with Crippen LogP contribution in [0.1, 0.15) is 12.8 Å². The Morgan fingerprint density at radius 2 is 1.80 bits per heavy atom. The Morgan fingerprint density at radius 1 is 0.951 bits per heavy atom. The molecule has 0 spiro atoms. The van der Waals surface area contributed by atoms with E-state index < -0.39 is 5.82 Å². The predicted molar refractivity (Wildman–Crippen MR) is 154 cm³/mol. The van der Waals surface area contributed by atoms with Crippen LogP contribution in [0.25, 0.3) is 55.7 Å². The average Bonchev–Trinajstić information content (AvgIpc) is 3.71. The van der Waals surface area contributed by atoms with Crippen LogP contribution < -0.4 is 5.32 Å². The van der Waals surface area contributed by atoms with Crippen LogP contribution in [0.5, 0.6) is 5.75 Å². The number of likely N-dealkylation sites (tertiary alicyclic amines) is 1. The number of aromatic hydroxyl groups is 1. The van der Waals surface area contributed by atoms with Gasteiger partial charge in [0, 0.05) is 46.6 Å². The summed E-state index contributed by atoms with van der Waals surface area (Å²) < 4.78 is 14.0. The van der Waals surface area contributed by atoms with Crippen LogP contribution in [0.4, 0.5) is 10.1 Å². The number of phenols is 1. The van der Waals surface area contributed by atoms with Crippen molar-refractivity contribution in [1.29, 1.82) is 0 Å². The number of anilines is 1. The van der Waals surface area contributed by atoms with E-state index in [1.165, 1.54) is 12.1 Å². The van der Waals surface area contributed by atoms with Crippen LogP contribution in [-0.4, -0.2) is 65.7 Å². The zero-order valence-electron chi connectivity index (χ0n) is 21.9. The lowest BCUT2D eigenvalue weighted by Crippen LogP contribution is -2.30. The van der Waals surface area contributed by atoms with Crippen molar-refractivity contribution in [2.45, 2.75) is 12.8 Å². The Morgan fingerprint density at radius 3 is 2.66 bits per heavy atom. The maximum Gasteiger partial charge on any atom is 0.238 e. The van der Waals surface area contributed by atoms with Gasteiger partial charge in [0.2, 0.25) is 5.91 Å². The number of pyridine rings is 3. The summed E-state index contributed by atoms with van der Waals surface area (Å²) in [5.41, 5.74) is 6.05. The van der Waals surface area contributed by atoms with Crippen molar-refractivity contribution < 1.29 is 14.3 Å². The Bertz CT molecular complexity index is 1900. The lowest BCUT2D eigenvalue weighted by Gasteiger charge is -2.14. The molecule has 6 heterocycles. The molecule has 11 heteroatoms. The second-order valence-corrected chi connectivity index (χ2v) is 10.2. The number of hydrogen-bond donors (Lipinski definition) is 4. The lowest BCUT2D eigenvalue weighted by molar-refractivity contribution is -0.117. The SMILES string of the molecule is O=C(CN1CCCC1)Nc1cncc(-c2cnc3[nH]nc(-c4cc5c(-c6cc(O)cc(F)c6)ccnc5[nH]4)c3c2)c1. The Kier molecular flexibility index (Phi) is 6.12. The van der Waals surface area contributed by atoms with Gasteiger partial charge < -0.3 is 15.4 Å². The Labute approximate surface area is 233 Å². The molecule has 0 atom stereocenters. The third kappa shape index (κ3) is 4.87. The van der Waals surface area contributed by atoms with Gasteiger partial charge in [0.15, 0.2) is 5.65 Å². The van der Waals surface area contributed by atoms with Crippen LogP contribution in [0, 0.1) is 5.82 Å². The average molecular weight is 549 g/mol. The lowest BCUT2D eigenvalue weighted by atomic mass is 10.0. The number of benzene rings is 1. The highest BCUT2D eigenvalue weighted by Gasteiger charge is 2.18. The molecule has 5 aromatic heterocycles. The molecule has 0 unspecified atom stereocenters. The molecule has 0 radical (unpaired) electrons. The van der Waals surface area contributed by atoms with Crippen LogP contribution in [0.3, 0.4) is 0 Å². The van der Waals surface area contributed by atoms with Gasteiger partial charge in [-0.15, -0.1) is 0 Å². The number of carbonyl (C=O) groups excluding carboxylic acids is 1. The fourth-order valence-corrected chi connectivity index (χ4v) is 5.41. The molecule has 204 valence electrons. The highest BCUT2D eigenvalue weighted by Crippen LogP contribution is 2.35. The first kappa shape index (κ1) is 24.9. The van der Waals surface area contributed by atoms with Crippen molar-refractivity contribution in [3.63, 3.8) is 0 Å². The van der Waals surface area contributed by atoms with Crippen molar-refractivity contribution in [2.75, 3.05) is 25.0 Å². The Hall–Kier alpha value is -5.16. The summed E-state index contributed by atoms with van der Waals surface area (Å²) in [6.07, 6.45) is 8.98. The Balaban J connectivity index is 1.22. The van der Waals surface area contributed by atoms with Gasteiger partial charge in [0.25, 0.3) is 0 Å². The van der Waals surface area contributed by atoms with Gasteiger partial charge >= 0.3 is 0 Å². The van der Waals surface area contributed by atoms with E-state index in [-0.39, 0.29) is 11.7 Å². The van der Waals surface area contributed by atoms with Crippen molar-refractivity contribution in [2.24, 2.45) is 0 Å². The summed E-state index contributed by atoms with van der Waals surface area (Å²) >= 11 is 0. The number of nitrogens with one attached hydrogen (secondary N) is 3. The van der Waals surface area contributed by atoms with Crippen molar-refractivity contribution in [1.82, 2.24) is 35.0 Å². The molecule has 41 heavy (non-hydrogen) atoms. The molecule has 6 aromatic rings. The molecule has 0 aliphatic carbocycles. The van der Waals surface area contributed by atoms with Crippen molar-refractivity contribution in [3.05, 3.63) is 73.1 Å². The summed E-state index contributed by atoms with van der Waals surface area (Å²) in [6, 6.07) is 11.5. The third-order valence-electron chi connectivity index (χ3n) is 7.32. The predicted octanol–water partition coefficient (Wildman–Crippen LogP) is 5.11. The van der Waals surface area contributed by atoms with Crippen LogP contribution in [0.15, 0.2) is 67.3 Å². The molecule has 0 bridgehead atoms. The summed E-state index contributed by atoms with van der Waals surface area (Å²) in [7, 11) is 0. The number of carbonyl (C=O) groups is 1. The monoisotopic (exact) mass is 548 g/mol. The van der Waals surface area contributed by atoms with E-state index in [1.807, 2.05) is 18.2 Å². The number of aromatic amines is 2. The second kappa shape index (κ2) is 10.1. The van der Waals surface area contributed by atoms with Gasteiger partial charge in [-0.05, 0) is 73.5 Å². The first-order valence-electron chi connectivity index (χ1n) is 13.3. The second-order valence-electron chi connectivity index (χ2n) is 10.2. The van der Waals surface area contributed by atoms with Gasteiger partial charge in [-0.25, -0.2) is 14.4 Å². The fraction of sp³-hybridized carbons (Fsp3) is 0.167. The van der Waals surface area contributed by atoms with Gasteiger partial charge in [-0.3, -0.25) is 19.8 Å². The maximum absolute atomic E-state index is 14.0. The molecule has 1 saturated heterocycles. The number of rotatable bonds is 6. The summed E-state index contributed by atoms with van der Waals surface area (Å²) in [5.74, 6) is -0.735. The first-order valence-corrected chi connectivity index (χ1v) is 13.3. The number of halogens is 1. The normalized spacial score (nSPS) is 13.8.